The van der Waals surface area contributed by atoms with Crippen LogP contribution < -0.4 is 15.4 Å². The summed E-state index contributed by atoms with van der Waals surface area (Å²) in [5, 5.41) is 23.0. The summed E-state index contributed by atoms with van der Waals surface area (Å²) in [5.74, 6) is 2.11. The molecule has 1 saturated heterocycles. The van der Waals surface area contributed by atoms with Gasteiger partial charge in [0.15, 0.2) is 11.4 Å². The molecule has 11 heteroatoms. The molecule has 0 bridgehead atoms. The van der Waals surface area contributed by atoms with Crippen molar-refractivity contribution in [2.45, 2.75) is 43.2 Å². The van der Waals surface area contributed by atoms with Crippen molar-refractivity contribution < 1.29 is 24.1 Å². The third-order valence-electron chi connectivity index (χ3n) is 8.46. The highest BCUT2D eigenvalue weighted by Crippen LogP contribution is 2.40. The number of thioether (sulfide) groups is 1. The highest BCUT2D eigenvalue weighted by Gasteiger charge is 2.32. The molecule has 0 spiro atoms. The molecule has 1 aliphatic heterocycles. The fourth-order valence-electron chi connectivity index (χ4n) is 5.82. The zero-order valence-electron chi connectivity index (χ0n) is 27.6. The molecule has 0 saturated carbocycles. The number of nitrogens with one attached hydrogen (secondary N) is 3. The van der Waals surface area contributed by atoms with Crippen molar-refractivity contribution in [2.24, 2.45) is 0 Å². The van der Waals surface area contributed by atoms with Crippen LogP contribution in [-0.4, -0.2) is 38.2 Å². The normalized spacial score (nSPS) is 17.1. The number of hydrogen-bond acceptors (Lipinski definition) is 8. The SMILES string of the molecule is O=C(NCc1ccccc1-c1ccc([C@@H]2O[C@H](CSc3ncn[nH]3)C[C@H](c3ccc(CO)cc3)O2)cc1)Nc1ccc(Oc2ccccc2)cc1. The Morgan fingerprint density at radius 1 is 0.843 bits per heavy atom. The second kappa shape index (κ2) is 16.5. The molecule has 0 radical (unpaired) electrons. The van der Waals surface area contributed by atoms with Gasteiger partial charge >= 0.3 is 6.03 Å². The fourth-order valence-corrected chi connectivity index (χ4v) is 6.61. The number of benzene rings is 5. The molecule has 6 aromatic rings. The number of aromatic amines is 1. The summed E-state index contributed by atoms with van der Waals surface area (Å²) < 4.78 is 18.8. The van der Waals surface area contributed by atoms with E-state index in [1.54, 1.807) is 23.9 Å². The van der Waals surface area contributed by atoms with Crippen molar-refractivity contribution in [3.8, 4) is 22.6 Å². The highest BCUT2D eigenvalue weighted by molar-refractivity contribution is 7.99. The Morgan fingerprint density at radius 2 is 1.57 bits per heavy atom. The molecule has 4 N–H and O–H groups in total. The molecule has 2 amide bonds. The van der Waals surface area contributed by atoms with E-state index in [0.717, 1.165) is 44.3 Å². The molecule has 2 heterocycles. The Kier molecular flexibility index (Phi) is 11.0. The Labute approximate surface area is 300 Å². The number of carbonyl (C=O) groups excluding carboxylic acids is 1. The van der Waals surface area contributed by atoms with E-state index in [-0.39, 0.29) is 24.8 Å². The van der Waals surface area contributed by atoms with Crippen LogP contribution in [0.1, 0.15) is 41.1 Å². The minimum absolute atomic E-state index is 0.00674. The maximum atomic E-state index is 12.8. The lowest BCUT2D eigenvalue weighted by molar-refractivity contribution is -0.245. The topological polar surface area (TPSA) is 131 Å². The van der Waals surface area contributed by atoms with Gasteiger partial charge in [-0.3, -0.25) is 5.10 Å². The molecule has 51 heavy (non-hydrogen) atoms. The van der Waals surface area contributed by atoms with Crippen LogP contribution in [0.5, 0.6) is 11.5 Å². The van der Waals surface area contributed by atoms with E-state index in [9.17, 15) is 9.90 Å². The van der Waals surface area contributed by atoms with Crippen LogP contribution in [-0.2, 0) is 22.6 Å². The molecule has 10 nitrogen and oxygen atoms in total. The quantitative estimate of drug-likeness (QED) is 0.0937. The summed E-state index contributed by atoms with van der Waals surface area (Å²) in [4.78, 5) is 17.1. The number of aromatic nitrogens is 3. The lowest BCUT2D eigenvalue weighted by atomic mass is 9.98. The predicted molar refractivity (Wildman–Crippen MR) is 196 cm³/mol. The Balaban J connectivity index is 0.994. The number of aliphatic hydroxyl groups is 1. The number of para-hydroxylation sites is 1. The van der Waals surface area contributed by atoms with E-state index in [1.807, 2.05) is 103 Å². The first kappa shape index (κ1) is 34.0. The summed E-state index contributed by atoms with van der Waals surface area (Å²) in [6, 6.07) is 40.5. The molecular weight excluding hydrogens is 663 g/mol. The average Bonchev–Trinajstić information content (AvgIpc) is 3.72. The molecule has 0 aliphatic carbocycles. The zero-order valence-corrected chi connectivity index (χ0v) is 28.5. The van der Waals surface area contributed by atoms with E-state index in [0.29, 0.717) is 30.2 Å². The monoisotopic (exact) mass is 699 g/mol. The number of hydrogen-bond donors (Lipinski definition) is 4. The zero-order chi connectivity index (χ0) is 34.8. The summed E-state index contributed by atoms with van der Waals surface area (Å²) >= 11 is 1.56. The van der Waals surface area contributed by atoms with E-state index in [2.05, 4.69) is 37.9 Å². The van der Waals surface area contributed by atoms with E-state index in [4.69, 9.17) is 14.2 Å². The van der Waals surface area contributed by atoms with E-state index < -0.39 is 6.29 Å². The standard InChI is InChI=1S/C40H37N5O5S/c46-24-27-10-12-29(13-11-27)37-22-35(25-51-40-42-26-43-45-40)49-38(50-37)30-16-14-28(15-17-30)36-9-5-4-6-31(36)23-41-39(47)44-32-18-20-34(21-19-32)48-33-7-2-1-3-8-33/h1-21,26,35,37-38,46H,22-25H2,(H2,41,44,47)(H,42,43,45)/t35-,37+,38+/m0/s1. The first-order chi connectivity index (χ1) is 25.1. The highest BCUT2D eigenvalue weighted by atomic mass is 32.2. The first-order valence-corrected chi connectivity index (χ1v) is 17.6. The number of anilines is 1. The van der Waals surface area contributed by atoms with Crippen molar-refractivity contribution in [1.29, 1.82) is 0 Å². The molecule has 7 rings (SSSR count). The van der Waals surface area contributed by atoms with Crippen LogP contribution in [0.25, 0.3) is 11.1 Å². The second-order valence-corrected chi connectivity index (χ2v) is 13.0. The van der Waals surface area contributed by atoms with Crippen molar-refractivity contribution in [1.82, 2.24) is 20.5 Å². The van der Waals surface area contributed by atoms with Crippen molar-refractivity contribution >= 4 is 23.5 Å². The fraction of sp³-hybridized carbons (Fsp3) is 0.175. The van der Waals surface area contributed by atoms with Gasteiger partial charge in [-0.25, -0.2) is 9.78 Å². The molecule has 5 aromatic carbocycles. The molecule has 1 fully saturated rings. The molecule has 258 valence electrons. The van der Waals surface area contributed by atoms with Crippen molar-refractivity contribution in [2.75, 3.05) is 11.1 Å². The minimum Gasteiger partial charge on any atom is -0.457 e. The van der Waals surface area contributed by atoms with Crippen LogP contribution >= 0.6 is 11.8 Å². The number of amides is 2. The van der Waals surface area contributed by atoms with E-state index >= 15 is 0 Å². The Morgan fingerprint density at radius 3 is 2.31 bits per heavy atom. The number of carbonyl (C=O) groups is 1. The smallest absolute Gasteiger partial charge is 0.319 e. The van der Waals surface area contributed by atoms with Gasteiger partial charge in [-0.15, -0.1) is 0 Å². The first-order valence-electron chi connectivity index (χ1n) is 16.6. The van der Waals surface area contributed by atoms with Gasteiger partial charge < -0.3 is 30.0 Å². The average molecular weight is 700 g/mol. The van der Waals surface area contributed by atoms with Crippen molar-refractivity contribution in [3.63, 3.8) is 0 Å². The third kappa shape index (κ3) is 9.02. The summed E-state index contributed by atoms with van der Waals surface area (Å²) in [5.41, 5.74) is 6.45. The van der Waals surface area contributed by atoms with Gasteiger partial charge in [0.05, 0.1) is 18.8 Å². The number of H-pyrrole nitrogens is 1. The van der Waals surface area contributed by atoms with Gasteiger partial charge in [-0.1, -0.05) is 103 Å². The largest absolute Gasteiger partial charge is 0.457 e. The Hall–Kier alpha value is -5.46. The third-order valence-corrected chi connectivity index (χ3v) is 9.46. The van der Waals surface area contributed by atoms with Gasteiger partial charge in [0.1, 0.15) is 17.8 Å². The van der Waals surface area contributed by atoms with Crippen LogP contribution in [0.3, 0.4) is 0 Å². The summed E-state index contributed by atoms with van der Waals surface area (Å²) in [6.07, 6.45) is 1.32. The number of nitrogens with zero attached hydrogens (tertiary/aromatic N) is 2. The predicted octanol–water partition coefficient (Wildman–Crippen LogP) is 8.42. The van der Waals surface area contributed by atoms with Gasteiger partial charge in [-0.05, 0) is 64.2 Å². The second-order valence-electron chi connectivity index (χ2n) is 12.0. The summed E-state index contributed by atoms with van der Waals surface area (Å²) in [6.45, 7) is 0.336. The lowest BCUT2D eigenvalue weighted by Gasteiger charge is -2.36. The lowest BCUT2D eigenvalue weighted by Crippen LogP contribution is -2.31. The van der Waals surface area contributed by atoms with Crippen molar-refractivity contribution in [3.05, 3.63) is 156 Å². The number of urea groups is 1. The van der Waals surface area contributed by atoms with Gasteiger partial charge in [-0.2, -0.15) is 5.10 Å². The van der Waals surface area contributed by atoms with Gasteiger partial charge in [0.25, 0.3) is 0 Å². The summed E-state index contributed by atoms with van der Waals surface area (Å²) in [7, 11) is 0. The number of ether oxygens (including phenoxy) is 3. The molecule has 3 atom stereocenters. The number of rotatable bonds is 12. The van der Waals surface area contributed by atoms with Gasteiger partial charge in [0.2, 0.25) is 0 Å². The Bertz CT molecular complexity index is 1990. The maximum Gasteiger partial charge on any atom is 0.319 e. The minimum atomic E-state index is -0.574. The molecule has 0 unspecified atom stereocenters. The van der Waals surface area contributed by atoms with Crippen LogP contribution in [0.2, 0.25) is 0 Å². The maximum absolute atomic E-state index is 12.8. The van der Waals surface area contributed by atoms with E-state index in [1.165, 1.54) is 6.33 Å². The molecule has 1 aromatic heterocycles. The van der Waals surface area contributed by atoms with Gasteiger partial charge in [0, 0.05) is 30.0 Å². The van der Waals surface area contributed by atoms with Crippen LogP contribution in [0.4, 0.5) is 10.5 Å². The molecular formula is C40H37N5O5S. The van der Waals surface area contributed by atoms with Crippen LogP contribution in [0, 0.1) is 0 Å². The molecule has 1 aliphatic rings. The number of aliphatic hydroxyl groups excluding tert-OH is 1. The van der Waals surface area contributed by atoms with Crippen LogP contribution in [0.15, 0.2) is 139 Å².